The van der Waals surface area contributed by atoms with E-state index in [2.05, 4.69) is 56.0 Å². The first-order valence-corrected chi connectivity index (χ1v) is 10.1. The number of nitrogens with one attached hydrogen (secondary N) is 1. The van der Waals surface area contributed by atoms with Crippen LogP contribution in [0.25, 0.3) is 0 Å². The number of hydrogen-bond acceptors (Lipinski definition) is 4. The second-order valence-corrected chi connectivity index (χ2v) is 7.38. The zero-order chi connectivity index (χ0) is 18.6. The van der Waals surface area contributed by atoms with E-state index in [-0.39, 0.29) is 12.1 Å². The van der Waals surface area contributed by atoms with E-state index in [4.69, 9.17) is 17.0 Å². The number of aryl methyl sites for hydroxylation is 1. The van der Waals surface area contributed by atoms with E-state index in [1.807, 2.05) is 18.3 Å². The minimum Gasteiger partial charge on any atom is -0.379 e. The molecule has 2 saturated heterocycles. The number of thiocarbonyl (C=S) groups is 1. The molecule has 2 aromatic rings. The van der Waals surface area contributed by atoms with E-state index in [9.17, 15) is 0 Å². The Morgan fingerprint density at radius 3 is 2.78 bits per heavy atom. The van der Waals surface area contributed by atoms with Gasteiger partial charge in [-0.3, -0.25) is 9.88 Å². The fourth-order valence-electron chi connectivity index (χ4n) is 4.03. The van der Waals surface area contributed by atoms with Gasteiger partial charge >= 0.3 is 0 Å². The van der Waals surface area contributed by atoms with Crippen LogP contribution in [0.1, 0.15) is 30.4 Å². The van der Waals surface area contributed by atoms with Crippen molar-refractivity contribution in [3.05, 3.63) is 54.1 Å². The van der Waals surface area contributed by atoms with Crippen LogP contribution in [-0.2, 0) is 11.3 Å². The van der Waals surface area contributed by atoms with Crippen LogP contribution >= 0.6 is 12.2 Å². The van der Waals surface area contributed by atoms with E-state index in [0.717, 1.165) is 56.7 Å². The van der Waals surface area contributed by atoms with Crippen LogP contribution in [0.3, 0.4) is 0 Å². The second-order valence-electron chi connectivity index (χ2n) is 6.99. The predicted molar refractivity (Wildman–Crippen MR) is 110 cm³/mol. The number of pyridine rings is 1. The summed E-state index contributed by atoms with van der Waals surface area (Å²) in [6, 6.07) is 10.6. The van der Waals surface area contributed by atoms with Gasteiger partial charge in [0, 0.05) is 50.8 Å². The van der Waals surface area contributed by atoms with Gasteiger partial charge in [-0.1, -0.05) is 6.07 Å². The van der Waals surface area contributed by atoms with Crippen LogP contribution in [-0.4, -0.2) is 63.9 Å². The molecular weight excluding hydrogens is 358 g/mol. The number of hydrogen-bond donors (Lipinski definition) is 1. The van der Waals surface area contributed by atoms with Crippen molar-refractivity contribution in [1.82, 2.24) is 24.7 Å². The van der Waals surface area contributed by atoms with Crippen LogP contribution in [0.2, 0.25) is 0 Å². The Morgan fingerprint density at radius 2 is 2.04 bits per heavy atom. The molecule has 1 N–H and O–H groups in total. The van der Waals surface area contributed by atoms with E-state index < -0.39 is 0 Å². The molecule has 2 aliphatic heterocycles. The quantitative estimate of drug-likeness (QED) is 0.770. The van der Waals surface area contributed by atoms with Gasteiger partial charge in [0.05, 0.1) is 31.0 Å². The third kappa shape index (κ3) is 3.85. The summed E-state index contributed by atoms with van der Waals surface area (Å²) in [5, 5.41) is 4.35. The molecule has 4 rings (SSSR count). The third-order valence-electron chi connectivity index (χ3n) is 5.47. The molecular formula is C20H27N5OS. The highest BCUT2D eigenvalue weighted by Crippen LogP contribution is 2.38. The number of aromatic nitrogens is 2. The minimum absolute atomic E-state index is 0.0589. The first kappa shape index (κ1) is 18.4. The number of nitrogens with zero attached hydrogens (tertiary/aromatic N) is 4. The maximum Gasteiger partial charge on any atom is 0.170 e. The topological polar surface area (TPSA) is 45.6 Å². The smallest absolute Gasteiger partial charge is 0.170 e. The Hall–Kier alpha value is -1.96. The van der Waals surface area contributed by atoms with Crippen LogP contribution in [0, 0.1) is 0 Å². The van der Waals surface area contributed by atoms with Gasteiger partial charge in [0.1, 0.15) is 0 Å². The van der Waals surface area contributed by atoms with Crippen molar-refractivity contribution >= 4 is 17.3 Å². The molecule has 0 amide bonds. The molecule has 0 spiro atoms. The van der Waals surface area contributed by atoms with Crippen LogP contribution < -0.4 is 5.32 Å². The van der Waals surface area contributed by atoms with Crippen molar-refractivity contribution in [2.45, 2.75) is 25.6 Å². The van der Waals surface area contributed by atoms with E-state index in [1.165, 1.54) is 5.69 Å². The maximum atomic E-state index is 5.75. The van der Waals surface area contributed by atoms with Gasteiger partial charge in [-0.05, 0) is 43.4 Å². The first-order chi connectivity index (χ1) is 13.3. The zero-order valence-electron chi connectivity index (χ0n) is 15.8. The highest BCUT2D eigenvalue weighted by atomic mass is 32.1. The molecule has 2 aliphatic rings. The van der Waals surface area contributed by atoms with Crippen molar-refractivity contribution in [3.63, 3.8) is 0 Å². The van der Waals surface area contributed by atoms with Gasteiger partial charge in [-0.25, -0.2) is 0 Å². The lowest BCUT2D eigenvalue weighted by molar-refractivity contribution is 0.0349. The van der Waals surface area contributed by atoms with Gasteiger partial charge in [-0.2, -0.15) is 0 Å². The Labute approximate surface area is 166 Å². The van der Waals surface area contributed by atoms with Crippen LogP contribution in [0.5, 0.6) is 0 Å². The van der Waals surface area contributed by atoms with E-state index >= 15 is 0 Å². The molecule has 0 aromatic carbocycles. The Balaban J connectivity index is 1.60. The molecule has 6 nitrogen and oxygen atoms in total. The second kappa shape index (κ2) is 8.37. The standard InChI is InChI=1S/C20H27N5OS/c1-2-24-9-5-7-17(24)19-18(16-6-3-4-8-21-16)22-20(27)25(19)11-10-23-12-14-26-15-13-23/h3-9,18-19H,2,10-15H2,1H3,(H,22,27)/t18-,19+/m0/s1. The highest BCUT2D eigenvalue weighted by molar-refractivity contribution is 7.80. The summed E-state index contributed by atoms with van der Waals surface area (Å²) in [5.74, 6) is 0. The lowest BCUT2D eigenvalue weighted by Crippen LogP contribution is -2.42. The number of morpholine rings is 1. The van der Waals surface area contributed by atoms with Crippen molar-refractivity contribution in [1.29, 1.82) is 0 Å². The summed E-state index contributed by atoms with van der Waals surface area (Å²) in [4.78, 5) is 9.40. The summed E-state index contributed by atoms with van der Waals surface area (Å²) in [7, 11) is 0. The van der Waals surface area contributed by atoms with E-state index in [0.29, 0.717) is 0 Å². The maximum absolute atomic E-state index is 5.75. The van der Waals surface area contributed by atoms with Crippen LogP contribution in [0.15, 0.2) is 42.7 Å². The number of rotatable bonds is 6. The molecule has 2 fully saturated rings. The van der Waals surface area contributed by atoms with E-state index in [1.54, 1.807) is 0 Å². The van der Waals surface area contributed by atoms with Gasteiger partial charge in [0.2, 0.25) is 0 Å². The Bertz CT molecular complexity index is 759. The molecule has 0 bridgehead atoms. The molecule has 7 heteroatoms. The predicted octanol–water partition coefficient (Wildman–Crippen LogP) is 2.21. The fraction of sp³-hybridized carbons (Fsp3) is 0.500. The summed E-state index contributed by atoms with van der Waals surface area (Å²) in [6.07, 6.45) is 4.00. The molecule has 2 atom stereocenters. The monoisotopic (exact) mass is 385 g/mol. The molecule has 27 heavy (non-hydrogen) atoms. The third-order valence-corrected chi connectivity index (χ3v) is 5.82. The number of ether oxygens (including phenoxy) is 1. The molecule has 0 radical (unpaired) electrons. The van der Waals surface area contributed by atoms with Gasteiger partial charge < -0.3 is 19.5 Å². The molecule has 144 valence electrons. The van der Waals surface area contributed by atoms with Crippen molar-refractivity contribution < 1.29 is 4.74 Å². The van der Waals surface area contributed by atoms with Gasteiger partial charge in [0.15, 0.2) is 5.11 Å². The molecule has 0 aliphatic carbocycles. The highest BCUT2D eigenvalue weighted by Gasteiger charge is 2.40. The summed E-state index contributed by atoms with van der Waals surface area (Å²) in [6.45, 7) is 8.64. The summed E-state index contributed by atoms with van der Waals surface area (Å²) in [5.41, 5.74) is 2.31. The van der Waals surface area contributed by atoms with Gasteiger partial charge in [-0.15, -0.1) is 0 Å². The van der Waals surface area contributed by atoms with Gasteiger partial charge in [0.25, 0.3) is 0 Å². The molecule has 4 heterocycles. The molecule has 0 unspecified atom stereocenters. The van der Waals surface area contributed by atoms with Crippen molar-refractivity contribution in [2.75, 3.05) is 39.4 Å². The minimum atomic E-state index is 0.0589. The van der Waals surface area contributed by atoms with Crippen molar-refractivity contribution in [3.8, 4) is 0 Å². The SMILES string of the molecule is CCn1cccc1[C@@H]1[C@H](c2ccccn2)NC(=S)N1CCN1CCOCC1. The average Bonchev–Trinajstić information content (AvgIpc) is 3.31. The molecule has 0 saturated carbocycles. The fourth-order valence-corrected chi connectivity index (χ4v) is 4.36. The lowest BCUT2D eigenvalue weighted by atomic mass is 10.0. The first-order valence-electron chi connectivity index (χ1n) is 9.71. The summed E-state index contributed by atoms with van der Waals surface area (Å²) < 4.78 is 7.78. The lowest BCUT2D eigenvalue weighted by Gasteiger charge is -2.32. The average molecular weight is 386 g/mol. The van der Waals surface area contributed by atoms with Crippen molar-refractivity contribution in [2.24, 2.45) is 0 Å². The molecule has 2 aromatic heterocycles. The summed E-state index contributed by atoms with van der Waals surface area (Å²) >= 11 is 5.75. The zero-order valence-corrected chi connectivity index (χ0v) is 16.6. The van der Waals surface area contributed by atoms with Crippen LogP contribution in [0.4, 0.5) is 0 Å². The normalized spacial score (nSPS) is 23.6. The largest absolute Gasteiger partial charge is 0.379 e. The Morgan fingerprint density at radius 1 is 1.19 bits per heavy atom. The Kier molecular flexibility index (Phi) is 5.71.